The van der Waals surface area contributed by atoms with Crippen molar-refractivity contribution in [1.29, 1.82) is 0 Å². The third-order valence-corrected chi connectivity index (χ3v) is 7.47. The van der Waals surface area contributed by atoms with E-state index in [9.17, 15) is 4.79 Å². The second kappa shape index (κ2) is 9.00. The number of unbranched alkanes of at least 4 members (excludes halogenated alkanes) is 3. The highest BCUT2D eigenvalue weighted by atomic mass is 32.2. The van der Waals surface area contributed by atoms with E-state index >= 15 is 0 Å². The maximum atomic E-state index is 13.4. The highest BCUT2D eigenvalue weighted by molar-refractivity contribution is 7.98. The Hall–Kier alpha value is -1.67. The van der Waals surface area contributed by atoms with E-state index in [1.54, 1.807) is 11.3 Å². The summed E-state index contributed by atoms with van der Waals surface area (Å²) in [6, 6.07) is 0. The normalized spacial score (nSPS) is 13.7. The van der Waals surface area contributed by atoms with Crippen molar-refractivity contribution in [3.05, 3.63) is 32.6 Å². The number of thiophene rings is 1. The molecule has 8 heteroatoms. The van der Waals surface area contributed by atoms with E-state index in [0.29, 0.717) is 17.5 Å². The Morgan fingerprint density at radius 3 is 2.83 bits per heavy atom. The van der Waals surface area contributed by atoms with Gasteiger partial charge < -0.3 is 4.42 Å². The number of aryl methyl sites for hydroxylation is 2. The number of rotatable bonds is 9. The van der Waals surface area contributed by atoms with Crippen molar-refractivity contribution in [2.45, 2.75) is 89.1 Å². The zero-order valence-corrected chi connectivity index (χ0v) is 19.0. The Labute approximate surface area is 179 Å². The number of hydrogen-bond acceptors (Lipinski definition) is 7. The van der Waals surface area contributed by atoms with E-state index in [4.69, 9.17) is 9.40 Å². The van der Waals surface area contributed by atoms with Crippen LogP contribution >= 0.6 is 23.1 Å². The molecule has 0 radical (unpaired) electrons. The van der Waals surface area contributed by atoms with E-state index in [0.717, 1.165) is 54.0 Å². The summed E-state index contributed by atoms with van der Waals surface area (Å²) >= 11 is 3.22. The summed E-state index contributed by atoms with van der Waals surface area (Å²) < 4.78 is 7.61. The van der Waals surface area contributed by atoms with Crippen molar-refractivity contribution >= 4 is 33.3 Å². The second-order valence-corrected chi connectivity index (χ2v) is 9.95. The van der Waals surface area contributed by atoms with Gasteiger partial charge in [-0.05, 0) is 31.2 Å². The lowest BCUT2D eigenvalue weighted by Gasteiger charge is -2.11. The summed E-state index contributed by atoms with van der Waals surface area (Å²) in [6.45, 7) is 6.98. The van der Waals surface area contributed by atoms with Crippen LogP contribution in [0.4, 0.5) is 0 Å². The molecule has 1 aliphatic rings. The van der Waals surface area contributed by atoms with Crippen LogP contribution in [0.2, 0.25) is 0 Å². The monoisotopic (exact) mass is 432 g/mol. The van der Waals surface area contributed by atoms with Gasteiger partial charge in [-0.25, -0.2) is 4.98 Å². The van der Waals surface area contributed by atoms with E-state index in [-0.39, 0.29) is 11.5 Å². The van der Waals surface area contributed by atoms with Crippen LogP contribution in [0.15, 0.2) is 14.4 Å². The zero-order valence-electron chi connectivity index (χ0n) is 17.4. The number of thioether (sulfide) groups is 1. The van der Waals surface area contributed by atoms with Crippen molar-refractivity contribution in [2.24, 2.45) is 0 Å². The highest BCUT2D eigenvalue weighted by Crippen LogP contribution is 2.36. The summed E-state index contributed by atoms with van der Waals surface area (Å²) in [7, 11) is 0. The topological polar surface area (TPSA) is 73.8 Å². The first-order chi connectivity index (χ1) is 14.1. The molecule has 0 aromatic carbocycles. The summed E-state index contributed by atoms with van der Waals surface area (Å²) in [5.74, 6) is 1.97. The highest BCUT2D eigenvalue weighted by Gasteiger charge is 2.23. The van der Waals surface area contributed by atoms with Gasteiger partial charge in [-0.3, -0.25) is 9.36 Å². The molecule has 6 nitrogen and oxygen atoms in total. The third kappa shape index (κ3) is 4.28. The van der Waals surface area contributed by atoms with E-state index < -0.39 is 0 Å². The number of hydrogen-bond donors (Lipinski definition) is 0. The maximum Gasteiger partial charge on any atom is 0.263 e. The second-order valence-electron chi connectivity index (χ2n) is 7.93. The molecule has 3 heterocycles. The fourth-order valence-electron chi connectivity index (χ4n) is 3.75. The molecule has 4 rings (SSSR count). The SMILES string of the molecule is CCCCCCn1c(SCc2nnc(C(C)C)o2)nc2sc3c(c2c1=O)CCC3. The van der Waals surface area contributed by atoms with Gasteiger partial charge in [-0.1, -0.05) is 51.8 Å². The predicted octanol–water partition coefficient (Wildman–Crippen LogP) is 5.33. The molecule has 0 saturated carbocycles. The largest absolute Gasteiger partial charge is 0.424 e. The number of fused-ring (bicyclic) bond motifs is 3. The molecular weight excluding hydrogens is 404 g/mol. The van der Waals surface area contributed by atoms with Gasteiger partial charge >= 0.3 is 0 Å². The van der Waals surface area contributed by atoms with Gasteiger partial charge in [0.25, 0.3) is 5.56 Å². The molecule has 3 aromatic rings. The van der Waals surface area contributed by atoms with Gasteiger partial charge in [0.2, 0.25) is 11.8 Å². The third-order valence-electron chi connectivity index (χ3n) is 5.33. The molecule has 1 aliphatic carbocycles. The van der Waals surface area contributed by atoms with Gasteiger partial charge in [0.1, 0.15) is 4.83 Å². The van der Waals surface area contributed by atoms with Crippen LogP contribution in [-0.2, 0) is 25.1 Å². The standard InChI is InChI=1S/C21H28N4O2S2/c1-4-5-6-7-11-25-20(26)17-14-9-8-10-15(14)29-19(17)22-21(25)28-12-16-23-24-18(27-16)13(2)3/h13H,4-12H2,1-3H3. The fraction of sp³-hybridized carbons (Fsp3) is 0.619. The Balaban J connectivity index is 1.63. The van der Waals surface area contributed by atoms with Crippen molar-refractivity contribution in [3.63, 3.8) is 0 Å². The van der Waals surface area contributed by atoms with E-state index in [1.165, 1.54) is 35.0 Å². The minimum atomic E-state index is 0.127. The molecule has 0 aliphatic heterocycles. The molecule has 0 fully saturated rings. The molecule has 0 unspecified atom stereocenters. The quantitative estimate of drug-likeness (QED) is 0.259. The van der Waals surface area contributed by atoms with Crippen LogP contribution in [0.5, 0.6) is 0 Å². The number of nitrogens with zero attached hydrogens (tertiary/aromatic N) is 4. The van der Waals surface area contributed by atoms with Gasteiger partial charge in [-0.15, -0.1) is 21.5 Å². The Kier molecular flexibility index (Phi) is 6.39. The molecule has 0 atom stereocenters. The molecule has 0 amide bonds. The van der Waals surface area contributed by atoms with Crippen LogP contribution in [0, 0.1) is 0 Å². The molecule has 0 bridgehead atoms. The van der Waals surface area contributed by atoms with Gasteiger partial charge in [0.05, 0.1) is 11.1 Å². The average molecular weight is 433 g/mol. The summed E-state index contributed by atoms with van der Waals surface area (Å²) in [5, 5.41) is 9.88. The van der Waals surface area contributed by atoms with Crippen LogP contribution < -0.4 is 5.56 Å². The lowest BCUT2D eigenvalue weighted by molar-refractivity contribution is 0.445. The van der Waals surface area contributed by atoms with Gasteiger partial charge in [0, 0.05) is 17.3 Å². The van der Waals surface area contributed by atoms with E-state index in [1.807, 2.05) is 18.4 Å². The van der Waals surface area contributed by atoms with Crippen molar-refractivity contribution in [1.82, 2.24) is 19.7 Å². The average Bonchev–Trinajstić information content (AvgIpc) is 3.40. The van der Waals surface area contributed by atoms with Crippen molar-refractivity contribution in [2.75, 3.05) is 0 Å². The van der Waals surface area contributed by atoms with Gasteiger partial charge in [0.15, 0.2) is 5.16 Å². The Morgan fingerprint density at radius 1 is 1.21 bits per heavy atom. The maximum absolute atomic E-state index is 13.4. The smallest absolute Gasteiger partial charge is 0.263 e. The Morgan fingerprint density at radius 2 is 2.07 bits per heavy atom. The van der Waals surface area contributed by atoms with Crippen LogP contribution in [-0.4, -0.2) is 19.7 Å². The summed E-state index contributed by atoms with van der Waals surface area (Å²) in [4.78, 5) is 20.6. The van der Waals surface area contributed by atoms with Crippen LogP contribution in [0.1, 0.15) is 81.0 Å². The zero-order chi connectivity index (χ0) is 20.4. The number of aromatic nitrogens is 4. The summed E-state index contributed by atoms with van der Waals surface area (Å²) in [5.41, 5.74) is 1.38. The minimum absolute atomic E-state index is 0.127. The first-order valence-corrected chi connectivity index (χ1v) is 12.4. The molecule has 0 N–H and O–H groups in total. The fourth-order valence-corrected chi connectivity index (χ4v) is 5.91. The van der Waals surface area contributed by atoms with Crippen molar-refractivity contribution in [3.8, 4) is 0 Å². The summed E-state index contributed by atoms with van der Waals surface area (Å²) in [6.07, 6.45) is 7.75. The first-order valence-electron chi connectivity index (χ1n) is 10.6. The first kappa shape index (κ1) is 20.6. The molecule has 0 saturated heterocycles. The molecule has 3 aromatic heterocycles. The molecule has 29 heavy (non-hydrogen) atoms. The molecule has 156 valence electrons. The van der Waals surface area contributed by atoms with Crippen LogP contribution in [0.3, 0.4) is 0 Å². The van der Waals surface area contributed by atoms with Crippen LogP contribution in [0.25, 0.3) is 10.2 Å². The minimum Gasteiger partial charge on any atom is -0.424 e. The van der Waals surface area contributed by atoms with Gasteiger partial charge in [-0.2, -0.15) is 0 Å². The van der Waals surface area contributed by atoms with Crippen molar-refractivity contribution < 1.29 is 4.42 Å². The predicted molar refractivity (Wildman–Crippen MR) is 118 cm³/mol. The molecule has 0 spiro atoms. The Bertz CT molecular complexity index is 1050. The lowest BCUT2D eigenvalue weighted by Crippen LogP contribution is -2.23. The molecular formula is C21H28N4O2S2. The van der Waals surface area contributed by atoms with E-state index in [2.05, 4.69) is 17.1 Å². The lowest BCUT2D eigenvalue weighted by atomic mass is 10.2.